The van der Waals surface area contributed by atoms with E-state index in [-0.39, 0.29) is 24.4 Å². The van der Waals surface area contributed by atoms with Crippen molar-refractivity contribution < 1.29 is 9.53 Å². The van der Waals surface area contributed by atoms with E-state index in [1.165, 1.54) is 0 Å². The summed E-state index contributed by atoms with van der Waals surface area (Å²) < 4.78 is 5.78. The molecule has 0 bridgehead atoms. The van der Waals surface area contributed by atoms with Gasteiger partial charge < -0.3 is 15.4 Å². The first-order valence-electron chi connectivity index (χ1n) is 7.49. The van der Waals surface area contributed by atoms with E-state index in [9.17, 15) is 4.79 Å². The molecule has 1 aromatic carbocycles. The van der Waals surface area contributed by atoms with Gasteiger partial charge in [0.1, 0.15) is 6.10 Å². The van der Waals surface area contributed by atoms with Gasteiger partial charge in [-0.1, -0.05) is 18.2 Å². The fourth-order valence-electron chi connectivity index (χ4n) is 2.70. The number of nitrogen functional groups attached to an aromatic ring is 1. The second-order valence-corrected chi connectivity index (χ2v) is 6.23. The second kappa shape index (κ2) is 8.34. The molecule has 124 valence electrons. The van der Waals surface area contributed by atoms with Crippen LogP contribution in [0.15, 0.2) is 41.1 Å². The zero-order chi connectivity index (χ0) is 15.4. The Balaban J connectivity index is 0.00000192. The van der Waals surface area contributed by atoms with Crippen molar-refractivity contribution >= 4 is 35.3 Å². The molecule has 0 saturated carbocycles. The highest BCUT2D eigenvalue weighted by Gasteiger charge is 2.25. The predicted molar refractivity (Wildman–Crippen MR) is 96.0 cm³/mol. The molecular formula is C17H21ClN2O2S. The number of hydrogen-bond donors (Lipinski definition) is 1. The van der Waals surface area contributed by atoms with Crippen LogP contribution in [0.4, 0.5) is 5.69 Å². The van der Waals surface area contributed by atoms with E-state index >= 15 is 0 Å². The third-order valence-electron chi connectivity index (χ3n) is 4.00. The highest BCUT2D eigenvalue weighted by atomic mass is 35.5. The first kappa shape index (κ1) is 17.8. The molecule has 1 saturated heterocycles. The molecule has 23 heavy (non-hydrogen) atoms. The van der Waals surface area contributed by atoms with Crippen molar-refractivity contribution in [2.45, 2.75) is 18.9 Å². The minimum Gasteiger partial charge on any atom is -0.399 e. The van der Waals surface area contributed by atoms with Crippen LogP contribution in [0.3, 0.4) is 0 Å². The Morgan fingerprint density at radius 3 is 2.91 bits per heavy atom. The van der Waals surface area contributed by atoms with Crippen molar-refractivity contribution in [1.29, 1.82) is 0 Å². The number of ether oxygens (including phenoxy) is 1. The highest BCUT2D eigenvalue weighted by Crippen LogP contribution is 2.24. The quantitative estimate of drug-likeness (QED) is 0.859. The van der Waals surface area contributed by atoms with E-state index in [1.54, 1.807) is 11.3 Å². The summed E-state index contributed by atoms with van der Waals surface area (Å²) in [7, 11) is 0. The number of halogens is 1. The van der Waals surface area contributed by atoms with Gasteiger partial charge in [-0.05, 0) is 40.4 Å². The van der Waals surface area contributed by atoms with E-state index in [4.69, 9.17) is 10.5 Å². The van der Waals surface area contributed by atoms with Crippen LogP contribution in [0.2, 0.25) is 0 Å². The first-order valence-corrected chi connectivity index (χ1v) is 8.43. The molecule has 1 fully saturated rings. The van der Waals surface area contributed by atoms with Gasteiger partial charge in [0.05, 0.1) is 13.2 Å². The number of rotatable bonds is 4. The number of carbonyl (C=O) groups is 1. The van der Waals surface area contributed by atoms with Crippen LogP contribution >= 0.6 is 23.7 Å². The maximum Gasteiger partial charge on any atom is 0.223 e. The van der Waals surface area contributed by atoms with Crippen molar-refractivity contribution in [3.05, 3.63) is 52.2 Å². The Morgan fingerprint density at radius 1 is 1.35 bits per heavy atom. The molecule has 0 aliphatic carbocycles. The van der Waals surface area contributed by atoms with Crippen molar-refractivity contribution in [1.82, 2.24) is 4.90 Å². The SMILES string of the molecule is Cl.Nc1ccccc1CCC(=O)N1CCOC(c2ccsc2)C1. The molecule has 1 atom stereocenters. The second-order valence-electron chi connectivity index (χ2n) is 5.45. The molecule has 1 aliphatic heterocycles. The van der Waals surface area contributed by atoms with E-state index in [2.05, 4.69) is 11.4 Å². The van der Waals surface area contributed by atoms with Crippen LogP contribution in [0, 0.1) is 0 Å². The largest absolute Gasteiger partial charge is 0.399 e. The Hall–Kier alpha value is -1.56. The van der Waals surface area contributed by atoms with E-state index in [0.29, 0.717) is 32.5 Å². The Morgan fingerprint density at radius 2 is 2.17 bits per heavy atom. The molecule has 2 N–H and O–H groups in total. The topological polar surface area (TPSA) is 55.6 Å². The monoisotopic (exact) mass is 352 g/mol. The molecule has 6 heteroatoms. The van der Waals surface area contributed by atoms with Gasteiger partial charge >= 0.3 is 0 Å². The van der Waals surface area contributed by atoms with E-state index < -0.39 is 0 Å². The summed E-state index contributed by atoms with van der Waals surface area (Å²) in [5.74, 6) is 0.173. The molecule has 1 aliphatic rings. The zero-order valence-electron chi connectivity index (χ0n) is 12.8. The maximum atomic E-state index is 12.4. The van der Waals surface area contributed by atoms with Crippen LogP contribution in [0.5, 0.6) is 0 Å². The number of anilines is 1. The minimum absolute atomic E-state index is 0. The Labute approximate surface area is 146 Å². The summed E-state index contributed by atoms with van der Waals surface area (Å²) in [4.78, 5) is 14.3. The molecule has 0 radical (unpaired) electrons. The molecule has 0 spiro atoms. The average molecular weight is 353 g/mol. The normalized spacial score (nSPS) is 17.6. The predicted octanol–water partition coefficient (Wildman–Crippen LogP) is 3.28. The van der Waals surface area contributed by atoms with Crippen LogP contribution in [0.25, 0.3) is 0 Å². The van der Waals surface area contributed by atoms with Crippen molar-refractivity contribution in [2.24, 2.45) is 0 Å². The Kier molecular flexibility index (Phi) is 6.45. The van der Waals surface area contributed by atoms with Gasteiger partial charge in [-0.25, -0.2) is 0 Å². The molecule has 3 rings (SSSR count). The summed E-state index contributed by atoms with van der Waals surface area (Å²) in [5, 5.41) is 4.13. The third kappa shape index (κ3) is 4.47. The van der Waals surface area contributed by atoms with Crippen molar-refractivity contribution in [2.75, 3.05) is 25.4 Å². The van der Waals surface area contributed by atoms with Crippen LogP contribution in [0.1, 0.15) is 23.7 Å². The number of para-hydroxylation sites is 1. The number of hydrogen-bond acceptors (Lipinski definition) is 4. The van der Waals surface area contributed by atoms with Gasteiger partial charge in [0.25, 0.3) is 0 Å². The molecule has 4 nitrogen and oxygen atoms in total. The van der Waals surface area contributed by atoms with E-state index in [1.807, 2.05) is 34.5 Å². The number of nitrogens with two attached hydrogens (primary N) is 1. The summed E-state index contributed by atoms with van der Waals surface area (Å²) >= 11 is 1.65. The van der Waals surface area contributed by atoms with Gasteiger partial charge in [-0.2, -0.15) is 11.3 Å². The maximum absolute atomic E-state index is 12.4. The van der Waals surface area contributed by atoms with Gasteiger partial charge in [0.2, 0.25) is 5.91 Å². The van der Waals surface area contributed by atoms with Crippen molar-refractivity contribution in [3.63, 3.8) is 0 Å². The summed E-state index contributed by atoms with van der Waals surface area (Å²) in [6, 6.07) is 9.79. The standard InChI is InChI=1S/C17H20N2O2S.ClH/c18-15-4-2-1-3-13(15)5-6-17(20)19-8-9-21-16(11-19)14-7-10-22-12-14;/h1-4,7,10,12,16H,5-6,8-9,11,18H2;1H. The fraction of sp³-hybridized carbons (Fsp3) is 0.353. The summed E-state index contributed by atoms with van der Waals surface area (Å²) in [6.07, 6.45) is 1.18. The highest BCUT2D eigenvalue weighted by molar-refractivity contribution is 7.07. The zero-order valence-corrected chi connectivity index (χ0v) is 14.4. The van der Waals surface area contributed by atoms with Gasteiger partial charge in [0, 0.05) is 18.7 Å². The lowest BCUT2D eigenvalue weighted by molar-refractivity contribution is -0.139. The van der Waals surface area contributed by atoms with Crippen LogP contribution in [-0.4, -0.2) is 30.5 Å². The van der Waals surface area contributed by atoms with Crippen molar-refractivity contribution in [3.8, 4) is 0 Å². The molecular weight excluding hydrogens is 332 g/mol. The number of thiophene rings is 1. The molecule has 1 aromatic heterocycles. The minimum atomic E-state index is 0. The van der Waals surface area contributed by atoms with E-state index in [0.717, 1.165) is 16.8 Å². The van der Waals surface area contributed by atoms with Crippen LogP contribution in [-0.2, 0) is 16.0 Å². The number of benzene rings is 1. The number of morpholine rings is 1. The lowest BCUT2D eigenvalue weighted by atomic mass is 10.1. The number of nitrogens with zero attached hydrogens (tertiary/aromatic N) is 1. The average Bonchev–Trinajstić information content (AvgIpc) is 3.08. The van der Waals surface area contributed by atoms with Crippen LogP contribution < -0.4 is 5.73 Å². The molecule has 1 amide bonds. The number of aryl methyl sites for hydroxylation is 1. The summed E-state index contributed by atoms with van der Waals surface area (Å²) in [5.41, 5.74) is 8.89. The fourth-order valence-corrected chi connectivity index (χ4v) is 3.40. The van der Waals surface area contributed by atoms with Gasteiger partial charge in [0.15, 0.2) is 0 Å². The van der Waals surface area contributed by atoms with Gasteiger partial charge in [-0.15, -0.1) is 12.4 Å². The smallest absolute Gasteiger partial charge is 0.223 e. The lowest BCUT2D eigenvalue weighted by Crippen LogP contribution is -2.42. The third-order valence-corrected chi connectivity index (χ3v) is 4.70. The molecule has 2 aromatic rings. The summed E-state index contributed by atoms with van der Waals surface area (Å²) in [6.45, 7) is 1.91. The first-order chi connectivity index (χ1) is 10.7. The van der Waals surface area contributed by atoms with Gasteiger partial charge in [-0.3, -0.25) is 4.79 Å². The molecule has 2 heterocycles. The number of carbonyl (C=O) groups excluding carboxylic acids is 1. The molecule has 1 unspecified atom stereocenters. The number of amides is 1. The lowest BCUT2D eigenvalue weighted by Gasteiger charge is -2.33. The Bertz CT molecular complexity index is 633.